The zero-order valence-corrected chi connectivity index (χ0v) is 14.8. The predicted molar refractivity (Wildman–Crippen MR) is 90.5 cm³/mol. The minimum Gasteiger partial charge on any atom is -0.459 e. The van der Waals surface area contributed by atoms with Gasteiger partial charge in [0.05, 0.1) is 17.0 Å². The molecule has 1 amide bonds. The van der Waals surface area contributed by atoms with Crippen LogP contribution in [0.5, 0.6) is 0 Å². The number of hydrogen-bond acceptors (Lipinski definition) is 5. The van der Waals surface area contributed by atoms with Crippen LogP contribution in [0.25, 0.3) is 0 Å². The lowest BCUT2D eigenvalue weighted by molar-refractivity contribution is -0.122. The van der Waals surface area contributed by atoms with Gasteiger partial charge in [0, 0.05) is 13.1 Å². The van der Waals surface area contributed by atoms with Crippen molar-refractivity contribution in [3.05, 3.63) is 29.8 Å². The summed E-state index contributed by atoms with van der Waals surface area (Å²) in [6.07, 6.45) is 4.87. The first-order valence-electron chi connectivity index (χ1n) is 8.55. The van der Waals surface area contributed by atoms with Gasteiger partial charge in [-0.15, -0.1) is 0 Å². The Kier molecular flexibility index (Phi) is 5.39. The largest absolute Gasteiger partial charge is 0.459 e. The van der Waals surface area contributed by atoms with Gasteiger partial charge in [-0.25, -0.2) is 13.2 Å². The maximum atomic E-state index is 12.7. The Hall–Kier alpha value is -1.93. The number of carbonyl (C=O) groups is 2. The predicted octanol–water partition coefficient (Wildman–Crippen LogP) is 1.30. The van der Waals surface area contributed by atoms with Crippen LogP contribution in [0.15, 0.2) is 29.2 Å². The van der Waals surface area contributed by atoms with E-state index in [4.69, 9.17) is 4.74 Å². The van der Waals surface area contributed by atoms with E-state index in [1.54, 1.807) is 6.07 Å². The molecule has 1 saturated heterocycles. The number of hydrogen-bond donors (Lipinski definition) is 1. The van der Waals surface area contributed by atoms with E-state index < -0.39 is 16.0 Å². The van der Waals surface area contributed by atoms with Crippen molar-refractivity contribution in [3.8, 4) is 0 Å². The van der Waals surface area contributed by atoms with E-state index >= 15 is 0 Å². The molecule has 1 heterocycles. The molecule has 1 aliphatic heterocycles. The van der Waals surface area contributed by atoms with E-state index in [1.807, 2.05) is 0 Å². The Bertz CT molecular complexity index is 756. The third kappa shape index (κ3) is 4.19. The molecule has 2 fully saturated rings. The van der Waals surface area contributed by atoms with Crippen LogP contribution in [0, 0.1) is 0 Å². The molecule has 136 valence electrons. The van der Waals surface area contributed by atoms with Crippen LogP contribution in [-0.4, -0.2) is 50.3 Å². The Morgan fingerprint density at radius 3 is 2.68 bits per heavy atom. The van der Waals surface area contributed by atoms with Gasteiger partial charge in [0.15, 0.2) is 0 Å². The van der Waals surface area contributed by atoms with Crippen LogP contribution >= 0.6 is 0 Å². The van der Waals surface area contributed by atoms with Crippen molar-refractivity contribution in [2.45, 2.75) is 43.1 Å². The van der Waals surface area contributed by atoms with Gasteiger partial charge in [0.2, 0.25) is 15.9 Å². The van der Waals surface area contributed by atoms with Crippen molar-refractivity contribution < 1.29 is 22.7 Å². The van der Waals surface area contributed by atoms with Crippen molar-refractivity contribution in [2.75, 3.05) is 19.6 Å². The molecule has 0 atom stereocenters. The third-order valence-electron chi connectivity index (χ3n) is 4.54. The standard InChI is InChI=1S/C17H22N2O5S/c20-16-12-19(10-9-18-16)25(22,23)15-8-4-5-13(11-15)17(21)24-14-6-2-1-3-7-14/h4-5,8,11,14H,1-3,6-7,9-10,12H2,(H,18,20). The average molecular weight is 366 g/mol. The summed E-state index contributed by atoms with van der Waals surface area (Å²) in [5, 5.41) is 2.59. The molecule has 8 heteroatoms. The molecule has 3 rings (SSSR count). The Labute approximate surface area is 147 Å². The molecular weight excluding hydrogens is 344 g/mol. The van der Waals surface area contributed by atoms with E-state index in [0.717, 1.165) is 36.4 Å². The fraction of sp³-hybridized carbons (Fsp3) is 0.529. The number of amides is 1. The molecule has 2 aliphatic rings. The van der Waals surface area contributed by atoms with Gasteiger partial charge in [-0.3, -0.25) is 4.79 Å². The fourth-order valence-electron chi connectivity index (χ4n) is 3.16. The molecule has 7 nitrogen and oxygen atoms in total. The maximum absolute atomic E-state index is 12.7. The highest BCUT2D eigenvalue weighted by Crippen LogP contribution is 2.23. The number of nitrogens with zero attached hydrogens (tertiary/aromatic N) is 1. The van der Waals surface area contributed by atoms with Crippen LogP contribution in [0.1, 0.15) is 42.5 Å². The Morgan fingerprint density at radius 1 is 1.20 bits per heavy atom. The molecule has 0 unspecified atom stereocenters. The Balaban J connectivity index is 1.76. The van der Waals surface area contributed by atoms with Crippen molar-refractivity contribution in [3.63, 3.8) is 0 Å². The lowest BCUT2D eigenvalue weighted by atomic mass is 9.98. The number of nitrogens with one attached hydrogen (secondary N) is 1. The number of carbonyl (C=O) groups excluding carboxylic acids is 2. The minimum absolute atomic E-state index is 0.000272. The molecule has 0 spiro atoms. The topological polar surface area (TPSA) is 92.8 Å². The summed E-state index contributed by atoms with van der Waals surface area (Å²) in [5.74, 6) is -0.831. The van der Waals surface area contributed by atoms with Crippen molar-refractivity contribution in [1.82, 2.24) is 9.62 Å². The van der Waals surface area contributed by atoms with Crippen LogP contribution in [-0.2, 0) is 19.6 Å². The molecular formula is C17H22N2O5S. The smallest absolute Gasteiger partial charge is 0.338 e. The van der Waals surface area contributed by atoms with Crippen molar-refractivity contribution in [1.29, 1.82) is 0 Å². The van der Waals surface area contributed by atoms with Crippen molar-refractivity contribution in [2.24, 2.45) is 0 Å². The van der Waals surface area contributed by atoms with Gasteiger partial charge in [-0.2, -0.15) is 4.31 Å². The highest BCUT2D eigenvalue weighted by Gasteiger charge is 2.30. The molecule has 0 radical (unpaired) electrons. The minimum atomic E-state index is -3.82. The highest BCUT2D eigenvalue weighted by atomic mass is 32.2. The molecule has 0 bridgehead atoms. The van der Waals surface area contributed by atoms with Gasteiger partial charge in [0.1, 0.15) is 6.10 Å². The van der Waals surface area contributed by atoms with E-state index in [-0.39, 0.29) is 42.1 Å². The van der Waals surface area contributed by atoms with Crippen LogP contribution in [0.4, 0.5) is 0 Å². The van der Waals surface area contributed by atoms with Gasteiger partial charge in [-0.1, -0.05) is 12.5 Å². The fourth-order valence-corrected chi connectivity index (χ4v) is 4.60. The van der Waals surface area contributed by atoms with E-state index in [9.17, 15) is 18.0 Å². The zero-order chi connectivity index (χ0) is 17.9. The number of benzene rings is 1. The van der Waals surface area contributed by atoms with Gasteiger partial charge < -0.3 is 10.1 Å². The second-order valence-electron chi connectivity index (χ2n) is 6.38. The second-order valence-corrected chi connectivity index (χ2v) is 8.32. The summed E-state index contributed by atoms with van der Waals surface area (Å²) in [7, 11) is -3.82. The number of ether oxygens (including phenoxy) is 1. The molecule has 0 aromatic heterocycles. The summed E-state index contributed by atoms with van der Waals surface area (Å²) in [4.78, 5) is 23.8. The number of sulfonamides is 1. The highest BCUT2D eigenvalue weighted by molar-refractivity contribution is 7.89. The number of rotatable bonds is 4. The van der Waals surface area contributed by atoms with E-state index in [2.05, 4.69) is 5.32 Å². The Morgan fingerprint density at radius 2 is 1.96 bits per heavy atom. The first-order valence-corrected chi connectivity index (χ1v) is 9.99. The third-order valence-corrected chi connectivity index (χ3v) is 6.38. The summed E-state index contributed by atoms with van der Waals surface area (Å²) in [6.45, 7) is 0.283. The monoisotopic (exact) mass is 366 g/mol. The first kappa shape index (κ1) is 17.9. The van der Waals surface area contributed by atoms with Crippen LogP contribution < -0.4 is 5.32 Å². The SMILES string of the molecule is O=C1CN(S(=O)(=O)c2cccc(C(=O)OC3CCCCC3)c2)CCN1. The van der Waals surface area contributed by atoms with Crippen molar-refractivity contribution >= 4 is 21.9 Å². The quantitative estimate of drug-likeness (QED) is 0.811. The average Bonchev–Trinajstić information content (AvgIpc) is 2.62. The number of piperazine rings is 1. The molecule has 25 heavy (non-hydrogen) atoms. The van der Waals surface area contributed by atoms with Crippen LogP contribution in [0.2, 0.25) is 0 Å². The maximum Gasteiger partial charge on any atom is 0.338 e. The van der Waals surface area contributed by atoms with E-state index in [0.29, 0.717) is 0 Å². The first-order chi connectivity index (χ1) is 12.0. The summed E-state index contributed by atoms with van der Waals surface area (Å²) < 4.78 is 32.0. The normalized spacial score (nSPS) is 20.1. The van der Waals surface area contributed by atoms with Gasteiger partial charge >= 0.3 is 5.97 Å². The molecule has 1 aliphatic carbocycles. The summed E-state index contributed by atoms with van der Waals surface area (Å²) in [5.41, 5.74) is 0.216. The number of esters is 1. The van der Waals surface area contributed by atoms with E-state index in [1.165, 1.54) is 18.2 Å². The zero-order valence-electron chi connectivity index (χ0n) is 13.9. The van der Waals surface area contributed by atoms with Gasteiger partial charge in [-0.05, 0) is 43.9 Å². The molecule has 1 N–H and O–H groups in total. The molecule has 1 aromatic carbocycles. The second kappa shape index (κ2) is 7.53. The summed E-state index contributed by atoms with van der Waals surface area (Å²) in [6, 6.07) is 5.83. The lowest BCUT2D eigenvalue weighted by Gasteiger charge is -2.26. The lowest BCUT2D eigenvalue weighted by Crippen LogP contribution is -2.49. The molecule has 1 aromatic rings. The van der Waals surface area contributed by atoms with Gasteiger partial charge in [0.25, 0.3) is 0 Å². The molecule has 1 saturated carbocycles. The van der Waals surface area contributed by atoms with Crippen LogP contribution in [0.3, 0.4) is 0 Å². The summed E-state index contributed by atoms with van der Waals surface area (Å²) >= 11 is 0.